The maximum absolute atomic E-state index is 4.32. The zero-order valence-corrected chi connectivity index (χ0v) is 12.1. The van der Waals surface area contributed by atoms with Crippen molar-refractivity contribution in [1.82, 2.24) is 15.5 Å². The maximum atomic E-state index is 4.32. The van der Waals surface area contributed by atoms with E-state index in [1.807, 2.05) is 7.05 Å². The summed E-state index contributed by atoms with van der Waals surface area (Å²) in [7, 11) is 1.87. The highest BCUT2D eigenvalue weighted by Gasteiger charge is 2.23. The Hall–Kier alpha value is -0.770. The van der Waals surface area contributed by atoms with Gasteiger partial charge in [0.1, 0.15) is 0 Å². The minimum Gasteiger partial charge on any atom is -0.356 e. The van der Waals surface area contributed by atoms with Gasteiger partial charge in [-0.15, -0.1) is 0 Å². The molecule has 2 rings (SSSR count). The standard InChI is InChI=1S/C14H28N4/c1-11(2)18-8-6-13(7-9-18)17-14(15-3)16-10-12-4-5-12/h11-13H,4-10H2,1-3H3,(H2,15,16,17). The third-order valence-corrected chi connectivity index (χ3v) is 4.08. The zero-order chi connectivity index (χ0) is 13.0. The smallest absolute Gasteiger partial charge is 0.191 e. The van der Waals surface area contributed by atoms with Gasteiger partial charge in [0.15, 0.2) is 5.96 Å². The van der Waals surface area contributed by atoms with Crippen molar-refractivity contribution in [2.45, 2.75) is 51.6 Å². The van der Waals surface area contributed by atoms with Crippen LogP contribution < -0.4 is 10.6 Å². The Kier molecular flexibility index (Phi) is 4.87. The number of hydrogen-bond acceptors (Lipinski definition) is 2. The lowest BCUT2D eigenvalue weighted by molar-refractivity contribution is 0.167. The number of piperidine rings is 1. The summed E-state index contributed by atoms with van der Waals surface area (Å²) in [5, 5.41) is 7.00. The van der Waals surface area contributed by atoms with E-state index in [-0.39, 0.29) is 0 Å². The van der Waals surface area contributed by atoms with Gasteiger partial charge in [-0.05, 0) is 45.4 Å². The predicted molar refractivity (Wildman–Crippen MR) is 77.0 cm³/mol. The van der Waals surface area contributed by atoms with Crippen molar-refractivity contribution in [3.8, 4) is 0 Å². The fraction of sp³-hybridized carbons (Fsp3) is 0.929. The molecule has 4 nitrogen and oxygen atoms in total. The van der Waals surface area contributed by atoms with E-state index in [2.05, 4.69) is 34.4 Å². The van der Waals surface area contributed by atoms with Crippen LogP contribution in [-0.2, 0) is 0 Å². The van der Waals surface area contributed by atoms with E-state index in [4.69, 9.17) is 0 Å². The number of aliphatic imine (C=N–C) groups is 1. The predicted octanol–water partition coefficient (Wildman–Crippen LogP) is 1.43. The molecule has 2 N–H and O–H groups in total. The molecule has 0 unspecified atom stereocenters. The van der Waals surface area contributed by atoms with Gasteiger partial charge in [-0.2, -0.15) is 0 Å². The highest BCUT2D eigenvalue weighted by molar-refractivity contribution is 5.80. The first-order valence-electron chi connectivity index (χ1n) is 7.40. The van der Waals surface area contributed by atoms with Crippen LogP contribution in [-0.4, -0.2) is 49.6 Å². The van der Waals surface area contributed by atoms with Crippen molar-refractivity contribution < 1.29 is 0 Å². The second kappa shape index (κ2) is 6.41. The van der Waals surface area contributed by atoms with Crippen molar-refractivity contribution in [1.29, 1.82) is 0 Å². The maximum Gasteiger partial charge on any atom is 0.191 e. The van der Waals surface area contributed by atoms with Crippen LogP contribution in [0.3, 0.4) is 0 Å². The van der Waals surface area contributed by atoms with Gasteiger partial charge >= 0.3 is 0 Å². The van der Waals surface area contributed by atoms with Crippen molar-refractivity contribution in [3.63, 3.8) is 0 Å². The molecule has 0 radical (unpaired) electrons. The summed E-state index contributed by atoms with van der Waals surface area (Å²) in [6.07, 6.45) is 5.22. The van der Waals surface area contributed by atoms with Crippen LogP contribution in [0.25, 0.3) is 0 Å². The van der Waals surface area contributed by atoms with Gasteiger partial charge in [0.05, 0.1) is 0 Å². The number of hydrogen-bond donors (Lipinski definition) is 2. The Morgan fingerprint density at radius 1 is 1.22 bits per heavy atom. The normalized spacial score (nSPS) is 23.4. The molecular formula is C14H28N4. The molecule has 0 amide bonds. The van der Waals surface area contributed by atoms with Gasteiger partial charge in [-0.3, -0.25) is 4.99 Å². The first kappa shape index (κ1) is 13.7. The first-order valence-corrected chi connectivity index (χ1v) is 7.40. The van der Waals surface area contributed by atoms with Gasteiger partial charge in [0.2, 0.25) is 0 Å². The van der Waals surface area contributed by atoms with Crippen molar-refractivity contribution >= 4 is 5.96 Å². The molecule has 1 saturated carbocycles. The molecular weight excluding hydrogens is 224 g/mol. The largest absolute Gasteiger partial charge is 0.356 e. The van der Waals surface area contributed by atoms with E-state index in [1.54, 1.807) is 0 Å². The van der Waals surface area contributed by atoms with Crippen LogP contribution >= 0.6 is 0 Å². The minimum atomic E-state index is 0.588. The molecule has 18 heavy (non-hydrogen) atoms. The number of guanidine groups is 1. The molecule has 2 fully saturated rings. The lowest BCUT2D eigenvalue weighted by Gasteiger charge is -2.35. The average molecular weight is 252 g/mol. The van der Waals surface area contributed by atoms with Crippen LogP contribution in [0.5, 0.6) is 0 Å². The third-order valence-electron chi connectivity index (χ3n) is 4.08. The first-order chi connectivity index (χ1) is 8.69. The topological polar surface area (TPSA) is 39.7 Å². The van der Waals surface area contributed by atoms with E-state index in [0.717, 1.165) is 18.4 Å². The number of nitrogens with one attached hydrogen (secondary N) is 2. The Bertz CT molecular complexity index is 276. The molecule has 0 aromatic heterocycles. The summed E-state index contributed by atoms with van der Waals surface area (Å²) >= 11 is 0. The molecule has 4 heteroatoms. The SMILES string of the molecule is CN=C(NCC1CC1)NC1CCN(C(C)C)CC1. The Morgan fingerprint density at radius 2 is 1.89 bits per heavy atom. The lowest BCUT2D eigenvalue weighted by atomic mass is 10.0. The Balaban J connectivity index is 1.68. The second-order valence-electron chi connectivity index (χ2n) is 5.94. The van der Waals surface area contributed by atoms with Gasteiger partial charge in [0, 0.05) is 38.8 Å². The van der Waals surface area contributed by atoms with Gasteiger partial charge < -0.3 is 15.5 Å². The minimum absolute atomic E-state index is 0.588. The molecule has 0 aromatic carbocycles. The summed E-state index contributed by atoms with van der Waals surface area (Å²) in [6.45, 7) is 8.06. The molecule has 0 bridgehead atoms. The lowest BCUT2D eigenvalue weighted by Crippen LogP contribution is -2.50. The van der Waals surface area contributed by atoms with Gasteiger partial charge in [-0.25, -0.2) is 0 Å². The molecule has 2 aliphatic rings. The molecule has 0 spiro atoms. The second-order valence-corrected chi connectivity index (χ2v) is 5.94. The van der Waals surface area contributed by atoms with E-state index in [0.29, 0.717) is 12.1 Å². The summed E-state index contributed by atoms with van der Waals surface area (Å²) in [5.74, 6) is 1.89. The monoisotopic (exact) mass is 252 g/mol. The molecule has 0 atom stereocenters. The number of likely N-dealkylation sites (tertiary alicyclic amines) is 1. The summed E-state index contributed by atoms with van der Waals surface area (Å²) < 4.78 is 0. The molecule has 1 saturated heterocycles. The Labute approximate surface area is 111 Å². The van der Waals surface area contributed by atoms with Gasteiger partial charge in [-0.1, -0.05) is 0 Å². The summed E-state index contributed by atoms with van der Waals surface area (Å²) in [4.78, 5) is 6.87. The molecule has 1 aliphatic heterocycles. The van der Waals surface area contributed by atoms with Crippen LogP contribution in [0.15, 0.2) is 4.99 Å². The fourth-order valence-corrected chi connectivity index (χ4v) is 2.51. The van der Waals surface area contributed by atoms with E-state index < -0.39 is 0 Å². The van der Waals surface area contributed by atoms with Crippen molar-refractivity contribution in [3.05, 3.63) is 0 Å². The van der Waals surface area contributed by atoms with Crippen LogP contribution in [0.2, 0.25) is 0 Å². The quantitative estimate of drug-likeness (QED) is 0.587. The van der Waals surface area contributed by atoms with E-state index >= 15 is 0 Å². The number of rotatable bonds is 4. The van der Waals surface area contributed by atoms with E-state index in [9.17, 15) is 0 Å². The molecule has 104 valence electrons. The van der Waals surface area contributed by atoms with Gasteiger partial charge in [0.25, 0.3) is 0 Å². The van der Waals surface area contributed by atoms with Crippen LogP contribution in [0.1, 0.15) is 39.5 Å². The number of nitrogens with zero attached hydrogens (tertiary/aromatic N) is 2. The van der Waals surface area contributed by atoms with Crippen LogP contribution in [0, 0.1) is 5.92 Å². The average Bonchev–Trinajstić information content (AvgIpc) is 3.19. The third kappa shape index (κ3) is 4.16. The van der Waals surface area contributed by atoms with Crippen molar-refractivity contribution in [2.24, 2.45) is 10.9 Å². The molecule has 1 heterocycles. The van der Waals surface area contributed by atoms with Crippen LogP contribution in [0.4, 0.5) is 0 Å². The Morgan fingerprint density at radius 3 is 2.39 bits per heavy atom. The molecule has 1 aliphatic carbocycles. The van der Waals surface area contributed by atoms with Crippen molar-refractivity contribution in [2.75, 3.05) is 26.7 Å². The zero-order valence-electron chi connectivity index (χ0n) is 12.1. The molecule has 0 aromatic rings. The fourth-order valence-electron chi connectivity index (χ4n) is 2.51. The highest BCUT2D eigenvalue weighted by atomic mass is 15.2. The summed E-state index contributed by atoms with van der Waals surface area (Å²) in [5.41, 5.74) is 0. The van der Waals surface area contributed by atoms with E-state index in [1.165, 1.54) is 38.8 Å². The highest BCUT2D eigenvalue weighted by Crippen LogP contribution is 2.27. The summed E-state index contributed by atoms with van der Waals surface area (Å²) in [6, 6.07) is 1.27.